The summed E-state index contributed by atoms with van der Waals surface area (Å²) in [5, 5.41) is 14.8. The van der Waals surface area contributed by atoms with Crippen molar-refractivity contribution in [2.75, 3.05) is 26.8 Å². The molecule has 0 saturated heterocycles. The molecule has 0 aliphatic rings. The molecule has 9 nitrogen and oxygen atoms in total. The van der Waals surface area contributed by atoms with Crippen LogP contribution in [0.4, 0.5) is 0 Å². The van der Waals surface area contributed by atoms with Crippen LogP contribution in [0.15, 0.2) is 110 Å². The number of imidazole rings is 1. The second-order valence-electron chi connectivity index (χ2n) is 12.1. The number of carbonyl (C=O) groups excluding carboxylic acids is 1. The van der Waals surface area contributed by atoms with Gasteiger partial charge in [0.25, 0.3) is 5.91 Å². The Morgan fingerprint density at radius 2 is 1.71 bits per heavy atom. The maximum Gasteiger partial charge on any atom is 0.252 e. The lowest BCUT2D eigenvalue weighted by Gasteiger charge is -2.29. The van der Waals surface area contributed by atoms with Crippen molar-refractivity contribution >= 4 is 46.4 Å². The number of thiocarbonyl (C=S) groups is 1. The van der Waals surface area contributed by atoms with E-state index in [-0.39, 0.29) is 17.4 Å². The van der Waals surface area contributed by atoms with Gasteiger partial charge >= 0.3 is 0 Å². The Kier molecular flexibility index (Phi) is 14.6. The molecule has 52 heavy (non-hydrogen) atoms. The number of nitriles is 1. The zero-order valence-electron chi connectivity index (χ0n) is 28.8. The number of benzene rings is 4. The fourth-order valence-corrected chi connectivity index (χ4v) is 6.25. The molecule has 0 bridgehead atoms. The average Bonchev–Trinajstić information content (AvgIpc) is 3.63. The number of hydrogen-bond donors (Lipinski definition) is 2. The number of aromatic nitrogens is 2. The molecule has 1 heterocycles. The second kappa shape index (κ2) is 19.7. The molecular formula is C40H40Cl2N6O3S. The molecule has 1 atom stereocenters. The van der Waals surface area contributed by atoms with Gasteiger partial charge in [-0.1, -0.05) is 89.9 Å². The lowest BCUT2D eigenvalue weighted by molar-refractivity contribution is -0.131. The first-order chi connectivity index (χ1) is 25.4. The SMILES string of the molecule is COCCNC(=S)N(NCCCc1ccc(OCc2ccccc2)cc1)C(=O)C(Cc1cccc(Cl)c1Cl)c1cncn1Cc1ccc(C#N)cc1. The Labute approximate surface area is 320 Å². The zero-order chi connectivity index (χ0) is 36.7. The van der Waals surface area contributed by atoms with Crippen molar-refractivity contribution in [2.24, 2.45) is 0 Å². The van der Waals surface area contributed by atoms with E-state index in [1.807, 2.05) is 71.3 Å². The minimum atomic E-state index is -0.741. The highest BCUT2D eigenvalue weighted by atomic mass is 35.5. The molecule has 2 N–H and O–H groups in total. The van der Waals surface area contributed by atoms with E-state index >= 15 is 0 Å². The number of carbonyl (C=O) groups is 1. The summed E-state index contributed by atoms with van der Waals surface area (Å²) in [5.74, 6) is -0.221. The Morgan fingerprint density at radius 3 is 2.44 bits per heavy atom. The predicted molar refractivity (Wildman–Crippen MR) is 208 cm³/mol. The number of methoxy groups -OCH3 is 1. The average molecular weight is 756 g/mol. The molecule has 268 valence electrons. The van der Waals surface area contributed by atoms with E-state index in [4.69, 9.17) is 44.9 Å². The largest absolute Gasteiger partial charge is 0.489 e. The molecule has 1 unspecified atom stereocenters. The van der Waals surface area contributed by atoms with Crippen molar-refractivity contribution in [3.05, 3.63) is 153 Å². The van der Waals surface area contributed by atoms with Gasteiger partial charge in [0.1, 0.15) is 12.4 Å². The summed E-state index contributed by atoms with van der Waals surface area (Å²) >= 11 is 18.8. The lowest BCUT2D eigenvalue weighted by Crippen LogP contribution is -2.54. The Morgan fingerprint density at radius 1 is 0.962 bits per heavy atom. The van der Waals surface area contributed by atoms with Gasteiger partial charge in [-0.2, -0.15) is 5.26 Å². The molecule has 0 aliphatic heterocycles. The molecule has 5 aromatic rings. The molecule has 12 heteroatoms. The number of hydrazine groups is 1. The number of hydrogen-bond acceptors (Lipinski definition) is 7. The first kappa shape index (κ1) is 38.5. The van der Waals surface area contributed by atoms with Crippen LogP contribution in [0.3, 0.4) is 0 Å². The highest BCUT2D eigenvalue weighted by Crippen LogP contribution is 2.31. The minimum absolute atomic E-state index is 0.224. The van der Waals surface area contributed by atoms with Gasteiger partial charge in [0.2, 0.25) is 0 Å². The molecule has 5 rings (SSSR count). The van der Waals surface area contributed by atoms with Crippen molar-refractivity contribution in [1.29, 1.82) is 5.26 Å². The van der Waals surface area contributed by atoms with Crippen molar-refractivity contribution in [3.8, 4) is 11.8 Å². The van der Waals surface area contributed by atoms with Gasteiger partial charge in [-0.05, 0) is 84.1 Å². The number of ether oxygens (including phenoxy) is 2. The lowest BCUT2D eigenvalue weighted by atomic mass is 9.95. The second-order valence-corrected chi connectivity index (χ2v) is 13.2. The van der Waals surface area contributed by atoms with Crippen LogP contribution in [0, 0.1) is 11.3 Å². The molecular weight excluding hydrogens is 715 g/mol. The van der Waals surface area contributed by atoms with Crippen LogP contribution < -0.4 is 15.5 Å². The van der Waals surface area contributed by atoms with E-state index in [1.54, 1.807) is 37.8 Å². The quantitative estimate of drug-likeness (QED) is 0.0572. The summed E-state index contributed by atoms with van der Waals surface area (Å²) in [6.07, 6.45) is 5.14. The summed E-state index contributed by atoms with van der Waals surface area (Å²) in [5.41, 5.74) is 8.46. The first-order valence-corrected chi connectivity index (χ1v) is 18.0. The molecule has 0 radical (unpaired) electrons. The Hall–Kier alpha value is -4.76. The van der Waals surface area contributed by atoms with Crippen LogP contribution in [-0.2, 0) is 35.5 Å². The van der Waals surface area contributed by atoms with Gasteiger partial charge in [-0.3, -0.25) is 4.79 Å². The fraction of sp³-hybridized carbons (Fsp3) is 0.250. The molecule has 0 aliphatic carbocycles. The van der Waals surface area contributed by atoms with Crippen molar-refractivity contribution in [2.45, 2.75) is 38.3 Å². The van der Waals surface area contributed by atoms with Crippen LogP contribution in [0.2, 0.25) is 10.0 Å². The highest BCUT2D eigenvalue weighted by molar-refractivity contribution is 7.80. The first-order valence-electron chi connectivity index (χ1n) is 16.9. The van der Waals surface area contributed by atoms with E-state index in [0.717, 1.165) is 35.3 Å². The normalized spacial score (nSPS) is 11.4. The van der Waals surface area contributed by atoms with Crippen LogP contribution in [0.1, 0.15) is 45.8 Å². The molecule has 4 aromatic carbocycles. The molecule has 1 amide bonds. The highest BCUT2D eigenvalue weighted by Gasteiger charge is 2.32. The van der Waals surface area contributed by atoms with Gasteiger partial charge in [-0.25, -0.2) is 15.4 Å². The van der Waals surface area contributed by atoms with Crippen molar-refractivity contribution < 1.29 is 14.3 Å². The molecule has 0 fully saturated rings. The van der Waals surface area contributed by atoms with Crippen LogP contribution in [0.5, 0.6) is 5.75 Å². The van der Waals surface area contributed by atoms with Gasteiger partial charge in [0, 0.05) is 32.9 Å². The van der Waals surface area contributed by atoms with E-state index in [1.165, 1.54) is 5.01 Å². The summed E-state index contributed by atoms with van der Waals surface area (Å²) < 4.78 is 13.1. The van der Waals surface area contributed by atoms with Crippen molar-refractivity contribution in [1.82, 2.24) is 25.3 Å². The maximum atomic E-state index is 14.7. The zero-order valence-corrected chi connectivity index (χ0v) is 31.1. The third kappa shape index (κ3) is 10.9. The number of nitrogens with zero attached hydrogens (tertiary/aromatic N) is 4. The number of rotatable bonds is 17. The van der Waals surface area contributed by atoms with E-state index < -0.39 is 5.92 Å². The van der Waals surface area contributed by atoms with Crippen molar-refractivity contribution in [3.63, 3.8) is 0 Å². The predicted octanol–water partition coefficient (Wildman–Crippen LogP) is 7.50. The van der Waals surface area contributed by atoms with Crippen LogP contribution in [-0.4, -0.2) is 52.4 Å². The maximum absolute atomic E-state index is 14.7. The van der Waals surface area contributed by atoms with E-state index in [0.29, 0.717) is 59.7 Å². The minimum Gasteiger partial charge on any atom is -0.489 e. The number of nitrogens with one attached hydrogen (secondary N) is 2. The van der Waals surface area contributed by atoms with Gasteiger partial charge < -0.3 is 19.4 Å². The summed E-state index contributed by atoms with van der Waals surface area (Å²) in [6.45, 7) is 2.24. The Bertz CT molecular complexity index is 1950. The van der Waals surface area contributed by atoms with Gasteiger partial charge in [0.15, 0.2) is 5.11 Å². The summed E-state index contributed by atoms with van der Waals surface area (Å²) in [6, 6.07) is 33.0. The summed E-state index contributed by atoms with van der Waals surface area (Å²) in [7, 11) is 1.60. The number of halogens is 2. The standard InChI is InChI=1S/C40H40Cl2N6O3S/c1-50-22-21-45-40(52)48(46-20-6-9-29-16-18-34(19-17-29)51-27-32-7-3-2-4-8-32)39(49)35(23-33-10-5-11-36(41)38(33)42)37-25-44-28-47(37)26-31-14-12-30(24-43)13-15-31/h2-5,7-8,10-19,25,28,35,46H,6,9,20-23,26-27H2,1H3,(H,45,52). The van der Waals surface area contributed by atoms with Gasteiger partial charge in [0.05, 0.1) is 46.2 Å². The fourth-order valence-electron chi connectivity index (χ4n) is 5.60. The topological polar surface area (TPSA) is 104 Å². The molecule has 1 aromatic heterocycles. The number of aryl methyl sites for hydroxylation is 1. The van der Waals surface area contributed by atoms with E-state index in [9.17, 15) is 10.1 Å². The smallest absolute Gasteiger partial charge is 0.252 e. The molecule has 0 saturated carbocycles. The van der Waals surface area contributed by atoms with E-state index in [2.05, 4.69) is 33.9 Å². The van der Waals surface area contributed by atoms with Crippen LogP contribution >= 0.6 is 35.4 Å². The summed E-state index contributed by atoms with van der Waals surface area (Å²) in [4.78, 5) is 19.1. The van der Waals surface area contributed by atoms with Crippen LogP contribution in [0.25, 0.3) is 0 Å². The third-order valence-electron chi connectivity index (χ3n) is 8.38. The number of amides is 1. The van der Waals surface area contributed by atoms with Gasteiger partial charge in [-0.15, -0.1) is 0 Å². The Balaban J connectivity index is 1.32. The molecule has 0 spiro atoms. The third-order valence-corrected chi connectivity index (χ3v) is 9.57. The monoisotopic (exact) mass is 754 g/mol.